The Balaban J connectivity index is 1.58. The van der Waals surface area contributed by atoms with Crippen LogP contribution in [0.25, 0.3) is 0 Å². The van der Waals surface area contributed by atoms with Gasteiger partial charge in [0.15, 0.2) is 0 Å². The number of nitrogens with one attached hydrogen (secondary N) is 1. The minimum absolute atomic E-state index is 0.436. The van der Waals surface area contributed by atoms with Crippen molar-refractivity contribution in [3.63, 3.8) is 0 Å². The molecule has 17 heavy (non-hydrogen) atoms. The Bertz CT molecular complexity index is 318. The lowest BCUT2D eigenvalue weighted by molar-refractivity contribution is 0.108. The number of hydrogen-bond acceptors (Lipinski definition) is 4. The van der Waals surface area contributed by atoms with E-state index in [0.29, 0.717) is 6.10 Å². The molecule has 0 saturated carbocycles. The van der Waals surface area contributed by atoms with Gasteiger partial charge in [0.25, 0.3) is 0 Å². The van der Waals surface area contributed by atoms with E-state index in [1.165, 1.54) is 0 Å². The Hall–Kier alpha value is -0.970. The minimum Gasteiger partial charge on any atom is -0.380 e. The monoisotopic (exact) mass is 235 g/mol. The van der Waals surface area contributed by atoms with E-state index in [-0.39, 0.29) is 0 Å². The van der Waals surface area contributed by atoms with Gasteiger partial charge < -0.3 is 10.1 Å². The van der Waals surface area contributed by atoms with Crippen molar-refractivity contribution < 1.29 is 4.74 Å². The zero-order valence-corrected chi connectivity index (χ0v) is 10.4. The number of ether oxygens (including phenoxy) is 1. The average Bonchev–Trinajstić information content (AvgIpc) is 2.84. The molecule has 0 aliphatic carbocycles. The van der Waals surface area contributed by atoms with Crippen molar-refractivity contribution in [1.82, 2.24) is 15.2 Å². The largest absolute Gasteiger partial charge is 0.380 e. The maximum atomic E-state index is 5.34. The number of hydrogen-bond donors (Lipinski definition) is 1. The number of nitrogens with zero attached hydrogens (tertiary/aromatic N) is 2. The fraction of sp³-hybridized carbons (Fsp3) is 0.615. The maximum absolute atomic E-state index is 5.34. The van der Waals surface area contributed by atoms with Crippen molar-refractivity contribution in [3.8, 4) is 0 Å². The first-order valence-electron chi connectivity index (χ1n) is 6.24. The first-order valence-corrected chi connectivity index (χ1v) is 6.24. The van der Waals surface area contributed by atoms with Gasteiger partial charge in [0.05, 0.1) is 11.8 Å². The molecule has 1 N–H and O–H groups in total. The SMILES string of the molecule is COC1CCN(CCNCc2ccccn2)C1. The summed E-state index contributed by atoms with van der Waals surface area (Å²) in [5.41, 5.74) is 1.10. The van der Waals surface area contributed by atoms with Gasteiger partial charge in [-0.15, -0.1) is 0 Å². The van der Waals surface area contributed by atoms with Gasteiger partial charge in [-0.1, -0.05) is 6.07 Å². The second-order valence-electron chi connectivity index (χ2n) is 4.44. The van der Waals surface area contributed by atoms with E-state index in [2.05, 4.69) is 15.2 Å². The van der Waals surface area contributed by atoms with E-state index in [4.69, 9.17) is 4.74 Å². The molecule has 1 saturated heterocycles. The standard InChI is InChI=1S/C13H21N3O/c1-17-13-5-8-16(11-13)9-7-14-10-12-4-2-3-6-15-12/h2-4,6,13-14H,5,7-11H2,1H3. The fourth-order valence-electron chi connectivity index (χ4n) is 2.15. The van der Waals surface area contributed by atoms with Crippen LogP contribution in [0.3, 0.4) is 0 Å². The van der Waals surface area contributed by atoms with E-state index < -0.39 is 0 Å². The number of aromatic nitrogens is 1. The molecule has 2 rings (SSSR count). The van der Waals surface area contributed by atoms with Crippen molar-refractivity contribution in [3.05, 3.63) is 30.1 Å². The third-order valence-electron chi connectivity index (χ3n) is 3.20. The molecule has 0 bridgehead atoms. The van der Waals surface area contributed by atoms with Crippen LogP contribution < -0.4 is 5.32 Å². The molecule has 0 spiro atoms. The van der Waals surface area contributed by atoms with Gasteiger partial charge in [-0.25, -0.2) is 0 Å². The molecule has 4 nitrogen and oxygen atoms in total. The highest BCUT2D eigenvalue weighted by Gasteiger charge is 2.20. The van der Waals surface area contributed by atoms with Gasteiger partial charge in [0.1, 0.15) is 0 Å². The van der Waals surface area contributed by atoms with E-state index in [9.17, 15) is 0 Å². The molecule has 1 aromatic heterocycles. The smallest absolute Gasteiger partial charge is 0.0710 e. The van der Waals surface area contributed by atoms with E-state index in [0.717, 1.165) is 44.8 Å². The highest BCUT2D eigenvalue weighted by molar-refractivity contribution is 5.02. The van der Waals surface area contributed by atoms with Crippen LogP contribution in [0, 0.1) is 0 Å². The van der Waals surface area contributed by atoms with Crippen molar-refractivity contribution >= 4 is 0 Å². The minimum atomic E-state index is 0.436. The normalized spacial score (nSPS) is 20.9. The third kappa shape index (κ3) is 4.07. The summed E-state index contributed by atoms with van der Waals surface area (Å²) in [5, 5.41) is 3.42. The van der Waals surface area contributed by atoms with Crippen LogP contribution in [-0.4, -0.2) is 49.3 Å². The van der Waals surface area contributed by atoms with Gasteiger partial charge in [0, 0.05) is 46.0 Å². The number of pyridine rings is 1. The average molecular weight is 235 g/mol. The van der Waals surface area contributed by atoms with Crippen molar-refractivity contribution in [2.45, 2.75) is 19.1 Å². The molecule has 0 radical (unpaired) electrons. The predicted octanol–water partition coefficient (Wildman–Crippen LogP) is 0.892. The summed E-state index contributed by atoms with van der Waals surface area (Å²) in [6.45, 7) is 5.17. The van der Waals surface area contributed by atoms with Gasteiger partial charge >= 0.3 is 0 Å². The Morgan fingerprint density at radius 2 is 2.47 bits per heavy atom. The molecule has 1 aliphatic heterocycles. The number of rotatable bonds is 6. The van der Waals surface area contributed by atoms with Gasteiger partial charge in [0.2, 0.25) is 0 Å². The zero-order chi connectivity index (χ0) is 11.9. The quantitative estimate of drug-likeness (QED) is 0.743. The lowest BCUT2D eigenvalue weighted by Crippen LogP contribution is -2.31. The zero-order valence-electron chi connectivity index (χ0n) is 10.4. The predicted molar refractivity (Wildman–Crippen MR) is 67.8 cm³/mol. The molecule has 1 aliphatic rings. The lowest BCUT2D eigenvalue weighted by Gasteiger charge is -2.15. The Morgan fingerprint density at radius 3 is 3.18 bits per heavy atom. The lowest BCUT2D eigenvalue weighted by atomic mass is 10.3. The molecular formula is C13H21N3O. The Kier molecular flexibility index (Phi) is 4.91. The van der Waals surface area contributed by atoms with E-state index in [1.807, 2.05) is 24.4 Å². The highest BCUT2D eigenvalue weighted by Crippen LogP contribution is 2.10. The third-order valence-corrected chi connectivity index (χ3v) is 3.20. The van der Waals surface area contributed by atoms with Crippen LogP contribution in [-0.2, 0) is 11.3 Å². The molecule has 1 fully saturated rings. The summed E-state index contributed by atoms with van der Waals surface area (Å²) in [6, 6.07) is 6.01. The summed E-state index contributed by atoms with van der Waals surface area (Å²) in [7, 11) is 1.80. The number of likely N-dealkylation sites (tertiary alicyclic amines) is 1. The molecule has 0 aromatic carbocycles. The van der Waals surface area contributed by atoms with Crippen LogP contribution in [0.15, 0.2) is 24.4 Å². The van der Waals surface area contributed by atoms with Crippen molar-refractivity contribution in [1.29, 1.82) is 0 Å². The summed E-state index contributed by atoms with van der Waals surface area (Å²) < 4.78 is 5.34. The van der Waals surface area contributed by atoms with Crippen LogP contribution >= 0.6 is 0 Å². The van der Waals surface area contributed by atoms with E-state index >= 15 is 0 Å². The van der Waals surface area contributed by atoms with Crippen LogP contribution in [0.1, 0.15) is 12.1 Å². The molecular weight excluding hydrogens is 214 g/mol. The second-order valence-corrected chi connectivity index (χ2v) is 4.44. The molecule has 1 unspecified atom stereocenters. The molecule has 1 atom stereocenters. The van der Waals surface area contributed by atoms with Crippen molar-refractivity contribution in [2.24, 2.45) is 0 Å². The topological polar surface area (TPSA) is 37.4 Å². The molecule has 1 aromatic rings. The van der Waals surface area contributed by atoms with E-state index in [1.54, 1.807) is 7.11 Å². The van der Waals surface area contributed by atoms with Crippen LogP contribution in [0.5, 0.6) is 0 Å². The maximum Gasteiger partial charge on any atom is 0.0710 e. The van der Waals surface area contributed by atoms with Crippen LogP contribution in [0.4, 0.5) is 0 Å². The summed E-state index contributed by atoms with van der Waals surface area (Å²) in [5.74, 6) is 0. The van der Waals surface area contributed by atoms with Gasteiger partial charge in [-0.2, -0.15) is 0 Å². The van der Waals surface area contributed by atoms with Gasteiger partial charge in [-0.05, 0) is 18.6 Å². The molecule has 4 heteroatoms. The first kappa shape index (κ1) is 12.5. The molecule has 94 valence electrons. The highest BCUT2D eigenvalue weighted by atomic mass is 16.5. The summed E-state index contributed by atoms with van der Waals surface area (Å²) in [6.07, 6.45) is 3.43. The summed E-state index contributed by atoms with van der Waals surface area (Å²) >= 11 is 0. The first-order chi connectivity index (χ1) is 8.38. The van der Waals surface area contributed by atoms with Gasteiger partial charge in [-0.3, -0.25) is 9.88 Å². The van der Waals surface area contributed by atoms with Crippen molar-refractivity contribution in [2.75, 3.05) is 33.3 Å². The molecule has 0 amide bonds. The Labute approximate surface area is 103 Å². The number of methoxy groups -OCH3 is 1. The van der Waals surface area contributed by atoms with Crippen LogP contribution in [0.2, 0.25) is 0 Å². The second kappa shape index (κ2) is 6.69. The Morgan fingerprint density at radius 1 is 1.53 bits per heavy atom. The fourth-order valence-corrected chi connectivity index (χ4v) is 2.15. The molecule has 2 heterocycles. The summed E-state index contributed by atoms with van der Waals surface area (Å²) in [4.78, 5) is 6.72.